The maximum absolute atomic E-state index is 5.89. The molecule has 1 heterocycles. The van der Waals surface area contributed by atoms with E-state index < -0.39 is 0 Å². The van der Waals surface area contributed by atoms with Crippen molar-refractivity contribution < 1.29 is 4.52 Å². The molecule has 0 bridgehead atoms. The average Bonchev–Trinajstić information content (AvgIpc) is 2.57. The van der Waals surface area contributed by atoms with Gasteiger partial charge in [-0.05, 0) is 19.1 Å². The Labute approximate surface area is 86.5 Å². The Bertz CT molecular complexity index is 465. The first-order valence-corrected chi connectivity index (χ1v) is 4.53. The first-order chi connectivity index (χ1) is 6.66. The van der Waals surface area contributed by atoms with Crippen LogP contribution in [0, 0.1) is 6.92 Å². The lowest BCUT2D eigenvalue weighted by molar-refractivity contribution is 0.399. The number of nitrogens with two attached hydrogens (primary N) is 1. The molecule has 0 radical (unpaired) electrons. The fourth-order valence-corrected chi connectivity index (χ4v) is 1.37. The number of aryl methyl sites for hydroxylation is 1. The summed E-state index contributed by atoms with van der Waals surface area (Å²) in [6.07, 6.45) is 0. The van der Waals surface area contributed by atoms with E-state index in [0.29, 0.717) is 10.7 Å². The standard InChI is InChI=1S/C10H9ClN2O/c1-6-4-10(13-14-6)7-2-3-9(12)8(11)5-7/h2-5H,12H2,1H3. The summed E-state index contributed by atoms with van der Waals surface area (Å²) in [5.41, 5.74) is 7.83. The Morgan fingerprint density at radius 3 is 2.71 bits per heavy atom. The van der Waals surface area contributed by atoms with Gasteiger partial charge in [0.2, 0.25) is 0 Å². The van der Waals surface area contributed by atoms with Crippen LogP contribution < -0.4 is 5.73 Å². The van der Waals surface area contributed by atoms with E-state index in [-0.39, 0.29) is 0 Å². The molecule has 0 aliphatic carbocycles. The van der Waals surface area contributed by atoms with Crippen molar-refractivity contribution in [3.8, 4) is 11.3 Å². The highest BCUT2D eigenvalue weighted by atomic mass is 35.5. The minimum Gasteiger partial charge on any atom is -0.398 e. The predicted octanol–water partition coefficient (Wildman–Crippen LogP) is 2.89. The number of nitrogen functional groups attached to an aromatic ring is 1. The quantitative estimate of drug-likeness (QED) is 0.734. The summed E-state index contributed by atoms with van der Waals surface area (Å²) >= 11 is 5.89. The van der Waals surface area contributed by atoms with Crippen LogP contribution in [-0.4, -0.2) is 5.16 Å². The zero-order valence-electron chi connectivity index (χ0n) is 7.62. The molecule has 1 aromatic carbocycles. The van der Waals surface area contributed by atoms with Crippen molar-refractivity contribution in [3.05, 3.63) is 35.0 Å². The van der Waals surface area contributed by atoms with Crippen LogP contribution >= 0.6 is 11.6 Å². The molecule has 4 heteroatoms. The van der Waals surface area contributed by atoms with Gasteiger partial charge in [0.25, 0.3) is 0 Å². The lowest BCUT2D eigenvalue weighted by atomic mass is 10.1. The molecule has 0 unspecified atom stereocenters. The number of rotatable bonds is 1. The number of halogens is 1. The Kier molecular flexibility index (Phi) is 2.17. The minimum absolute atomic E-state index is 0.531. The van der Waals surface area contributed by atoms with Crippen LogP contribution in [0.3, 0.4) is 0 Å². The molecule has 0 aliphatic heterocycles. The second kappa shape index (κ2) is 3.35. The lowest BCUT2D eigenvalue weighted by Gasteiger charge is -1.99. The number of anilines is 1. The van der Waals surface area contributed by atoms with Gasteiger partial charge < -0.3 is 10.3 Å². The summed E-state index contributed by atoms with van der Waals surface area (Å²) in [5.74, 6) is 0.771. The highest BCUT2D eigenvalue weighted by molar-refractivity contribution is 6.33. The van der Waals surface area contributed by atoms with Crippen molar-refractivity contribution in [2.75, 3.05) is 5.73 Å². The molecule has 2 aromatic rings. The van der Waals surface area contributed by atoms with Crippen LogP contribution in [0.4, 0.5) is 5.69 Å². The number of aromatic nitrogens is 1. The van der Waals surface area contributed by atoms with E-state index in [4.69, 9.17) is 21.9 Å². The zero-order valence-corrected chi connectivity index (χ0v) is 8.38. The Balaban J connectivity index is 2.47. The molecule has 0 amide bonds. The van der Waals surface area contributed by atoms with Gasteiger partial charge in [0.15, 0.2) is 0 Å². The van der Waals surface area contributed by atoms with E-state index in [1.54, 1.807) is 12.1 Å². The zero-order chi connectivity index (χ0) is 10.1. The SMILES string of the molecule is Cc1cc(-c2ccc(N)c(Cl)c2)no1. The van der Waals surface area contributed by atoms with E-state index in [9.17, 15) is 0 Å². The third-order valence-electron chi connectivity index (χ3n) is 1.92. The van der Waals surface area contributed by atoms with E-state index in [1.807, 2.05) is 19.1 Å². The van der Waals surface area contributed by atoms with Gasteiger partial charge in [0.1, 0.15) is 11.5 Å². The first kappa shape index (κ1) is 9.09. The highest BCUT2D eigenvalue weighted by Gasteiger charge is 2.05. The molecule has 1 aromatic heterocycles. The second-order valence-electron chi connectivity index (χ2n) is 3.06. The van der Waals surface area contributed by atoms with Crippen molar-refractivity contribution >= 4 is 17.3 Å². The maximum atomic E-state index is 5.89. The Morgan fingerprint density at radius 2 is 2.14 bits per heavy atom. The topological polar surface area (TPSA) is 52.0 Å². The fourth-order valence-electron chi connectivity index (χ4n) is 1.19. The molecule has 2 N–H and O–H groups in total. The predicted molar refractivity (Wildman–Crippen MR) is 56.1 cm³/mol. The van der Waals surface area contributed by atoms with Gasteiger partial charge in [-0.2, -0.15) is 0 Å². The van der Waals surface area contributed by atoms with Gasteiger partial charge in [0.05, 0.1) is 10.7 Å². The normalized spacial score (nSPS) is 10.4. The van der Waals surface area contributed by atoms with Crippen LogP contribution in [0.15, 0.2) is 28.8 Å². The summed E-state index contributed by atoms with van der Waals surface area (Å²) in [4.78, 5) is 0. The summed E-state index contributed by atoms with van der Waals surface area (Å²) in [7, 11) is 0. The van der Waals surface area contributed by atoms with Crippen molar-refractivity contribution in [2.24, 2.45) is 0 Å². The van der Waals surface area contributed by atoms with Crippen LogP contribution in [0.25, 0.3) is 11.3 Å². The molecule has 0 fully saturated rings. The van der Waals surface area contributed by atoms with Crippen molar-refractivity contribution in [3.63, 3.8) is 0 Å². The van der Waals surface area contributed by atoms with E-state index in [0.717, 1.165) is 17.0 Å². The van der Waals surface area contributed by atoms with Crippen LogP contribution in [0.5, 0.6) is 0 Å². The Hall–Kier alpha value is -1.48. The number of benzene rings is 1. The molecule has 0 aliphatic rings. The molecule has 2 rings (SSSR count). The Morgan fingerprint density at radius 1 is 1.36 bits per heavy atom. The molecular weight excluding hydrogens is 200 g/mol. The molecule has 72 valence electrons. The minimum atomic E-state index is 0.531. The molecule has 0 spiro atoms. The number of hydrogen-bond acceptors (Lipinski definition) is 3. The largest absolute Gasteiger partial charge is 0.398 e. The summed E-state index contributed by atoms with van der Waals surface area (Å²) in [6.45, 7) is 1.84. The number of hydrogen-bond donors (Lipinski definition) is 1. The van der Waals surface area contributed by atoms with Crippen LogP contribution in [0.2, 0.25) is 5.02 Å². The van der Waals surface area contributed by atoms with E-state index in [2.05, 4.69) is 5.16 Å². The van der Waals surface area contributed by atoms with Gasteiger partial charge in [-0.3, -0.25) is 0 Å². The van der Waals surface area contributed by atoms with Crippen molar-refractivity contribution in [2.45, 2.75) is 6.92 Å². The number of nitrogens with zero attached hydrogens (tertiary/aromatic N) is 1. The van der Waals surface area contributed by atoms with E-state index >= 15 is 0 Å². The fraction of sp³-hybridized carbons (Fsp3) is 0.100. The van der Waals surface area contributed by atoms with Gasteiger partial charge in [-0.1, -0.05) is 22.8 Å². The van der Waals surface area contributed by atoms with Gasteiger partial charge >= 0.3 is 0 Å². The third-order valence-corrected chi connectivity index (χ3v) is 2.25. The van der Waals surface area contributed by atoms with Gasteiger partial charge in [-0.25, -0.2) is 0 Å². The molecule has 14 heavy (non-hydrogen) atoms. The average molecular weight is 209 g/mol. The third kappa shape index (κ3) is 1.59. The molecule has 0 atom stereocenters. The smallest absolute Gasteiger partial charge is 0.134 e. The van der Waals surface area contributed by atoms with E-state index in [1.165, 1.54) is 0 Å². The molecule has 3 nitrogen and oxygen atoms in total. The lowest BCUT2D eigenvalue weighted by Crippen LogP contribution is -1.86. The maximum Gasteiger partial charge on any atom is 0.134 e. The van der Waals surface area contributed by atoms with Gasteiger partial charge in [-0.15, -0.1) is 0 Å². The molecule has 0 saturated carbocycles. The van der Waals surface area contributed by atoms with Crippen molar-refractivity contribution in [1.29, 1.82) is 0 Å². The monoisotopic (exact) mass is 208 g/mol. The highest BCUT2D eigenvalue weighted by Crippen LogP contribution is 2.26. The molecule has 0 saturated heterocycles. The second-order valence-corrected chi connectivity index (χ2v) is 3.47. The van der Waals surface area contributed by atoms with Crippen LogP contribution in [0.1, 0.15) is 5.76 Å². The van der Waals surface area contributed by atoms with Crippen molar-refractivity contribution in [1.82, 2.24) is 5.16 Å². The van der Waals surface area contributed by atoms with Crippen LogP contribution in [-0.2, 0) is 0 Å². The summed E-state index contributed by atoms with van der Waals surface area (Å²) in [6, 6.07) is 7.23. The van der Waals surface area contributed by atoms with Gasteiger partial charge in [0, 0.05) is 11.6 Å². The molecular formula is C10H9ClN2O. The first-order valence-electron chi connectivity index (χ1n) is 4.15. The summed E-state index contributed by atoms with van der Waals surface area (Å²) < 4.78 is 4.96. The summed E-state index contributed by atoms with van der Waals surface area (Å²) in [5, 5.41) is 4.41.